The van der Waals surface area contributed by atoms with Crippen LogP contribution in [0.5, 0.6) is 0 Å². The fourth-order valence-electron chi connectivity index (χ4n) is 2.97. The van der Waals surface area contributed by atoms with Gasteiger partial charge in [0.15, 0.2) is 0 Å². The number of piperazine rings is 1. The Labute approximate surface area is 153 Å². The van der Waals surface area contributed by atoms with Gasteiger partial charge in [0.2, 0.25) is 0 Å². The van der Waals surface area contributed by atoms with E-state index in [0.717, 1.165) is 18.9 Å². The normalized spacial score (nSPS) is 14.4. The molecule has 0 aliphatic carbocycles. The Hall–Kier alpha value is -2.89. The monoisotopic (exact) mass is 352 g/mol. The van der Waals surface area contributed by atoms with Gasteiger partial charge >= 0.3 is 0 Å². The summed E-state index contributed by atoms with van der Waals surface area (Å²) in [5.74, 6) is 0.824. The van der Waals surface area contributed by atoms with Crippen LogP contribution in [0.4, 0.5) is 5.82 Å². The molecule has 0 bridgehead atoms. The molecule has 2 aromatic rings. The van der Waals surface area contributed by atoms with Crippen molar-refractivity contribution in [2.24, 2.45) is 0 Å². The van der Waals surface area contributed by atoms with Crippen LogP contribution in [0.1, 0.15) is 34.6 Å². The van der Waals surface area contributed by atoms with Gasteiger partial charge < -0.3 is 15.1 Å². The molecule has 2 amide bonds. The summed E-state index contributed by atoms with van der Waals surface area (Å²) in [7, 11) is 0. The van der Waals surface area contributed by atoms with Gasteiger partial charge in [-0.15, -0.1) is 0 Å². The minimum absolute atomic E-state index is 0.00138. The molecule has 0 unspecified atom stereocenters. The van der Waals surface area contributed by atoms with E-state index in [1.54, 1.807) is 30.5 Å². The van der Waals surface area contributed by atoms with Crippen LogP contribution >= 0.6 is 0 Å². The van der Waals surface area contributed by atoms with E-state index < -0.39 is 0 Å². The van der Waals surface area contributed by atoms with E-state index in [2.05, 4.69) is 15.2 Å². The number of carbonyl (C=O) groups is 2. The molecule has 0 atom stereocenters. The number of hydrogen-bond donors (Lipinski definition) is 1. The molecule has 0 radical (unpaired) electrons. The summed E-state index contributed by atoms with van der Waals surface area (Å²) in [5, 5.41) is 2.85. The summed E-state index contributed by atoms with van der Waals surface area (Å²) in [4.78, 5) is 33.1. The van der Waals surface area contributed by atoms with Gasteiger partial charge in [-0.3, -0.25) is 9.59 Å². The summed E-state index contributed by atoms with van der Waals surface area (Å²) in [6.45, 7) is 6.67. The molecule has 26 heavy (non-hydrogen) atoms. The lowest BCUT2D eigenvalue weighted by Crippen LogP contribution is -2.49. The van der Waals surface area contributed by atoms with Crippen LogP contribution < -0.4 is 10.2 Å². The number of anilines is 1. The lowest BCUT2D eigenvalue weighted by molar-refractivity contribution is 0.0746. The molecule has 2 heterocycles. The summed E-state index contributed by atoms with van der Waals surface area (Å²) in [6.07, 6.45) is 1.78. The summed E-state index contributed by atoms with van der Waals surface area (Å²) < 4.78 is 0. The second-order valence-electron chi connectivity index (χ2n) is 6.67. The summed E-state index contributed by atoms with van der Waals surface area (Å²) in [6, 6.07) is 12.8. The Morgan fingerprint density at radius 2 is 1.62 bits per heavy atom. The number of benzene rings is 1. The standard InChI is InChI=1S/C20H24N4O2/c1-15(2)22-19(25)16-6-8-17(9-7-16)20(26)24-13-11-23(12-14-24)18-5-3-4-10-21-18/h3-10,15H,11-14H2,1-2H3,(H,22,25). The van der Waals surface area contributed by atoms with Crippen LogP contribution in [0, 0.1) is 0 Å². The minimum Gasteiger partial charge on any atom is -0.353 e. The molecule has 0 saturated carbocycles. The number of aromatic nitrogens is 1. The Bertz CT molecular complexity index is 751. The maximum absolute atomic E-state index is 12.7. The fourth-order valence-corrected chi connectivity index (χ4v) is 2.97. The lowest BCUT2D eigenvalue weighted by atomic mass is 10.1. The van der Waals surface area contributed by atoms with Crippen LogP contribution in [0.2, 0.25) is 0 Å². The first kappa shape index (κ1) is 17.9. The third kappa shape index (κ3) is 4.20. The van der Waals surface area contributed by atoms with E-state index >= 15 is 0 Å². The van der Waals surface area contributed by atoms with Crippen molar-refractivity contribution in [2.75, 3.05) is 31.1 Å². The molecular weight excluding hydrogens is 328 g/mol. The summed E-state index contributed by atoms with van der Waals surface area (Å²) in [5.41, 5.74) is 1.17. The number of rotatable bonds is 4. The van der Waals surface area contributed by atoms with Crippen LogP contribution in [0.3, 0.4) is 0 Å². The van der Waals surface area contributed by atoms with E-state index in [9.17, 15) is 9.59 Å². The molecule has 1 aromatic carbocycles. The maximum atomic E-state index is 12.7. The average Bonchev–Trinajstić information content (AvgIpc) is 2.68. The van der Waals surface area contributed by atoms with E-state index in [4.69, 9.17) is 0 Å². The fraction of sp³-hybridized carbons (Fsp3) is 0.350. The molecule has 1 aliphatic rings. The van der Waals surface area contributed by atoms with Crippen molar-refractivity contribution in [3.05, 3.63) is 59.8 Å². The van der Waals surface area contributed by atoms with Gasteiger partial charge in [0.25, 0.3) is 11.8 Å². The molecule has 0 spiro atoms. The van der Waals surface area contributed by atoms with E-state index in [1.807, 2.05) is 36.9 Å². The molecule has 1 aliphatic heterocycles. The van der Waals surface area contributed by atoms with Crippen molar-refractivity contribution in [3.8, 4) is 0 Å². The number of hydrogen-bond acceptors (Lipinski definition) is 4. The van der Waals surface area contributed by atoms with Gasteiger partial charge in [-0.05, 0) is 50.2 Å². The zero-order valence-electron chi connectivity index (χ0n) is 15.2. The van der Waals surface area contributed by atoms with Crippen LogP contribution in [0.25, 0.3) is 0 Å². The molecule has 1 saturated heterocycles. The number of carbonyl (C=O) groups excluding carboxylic acids is 2. The number of amides is 2. The highest BCUT2D eigenvalue weighted by atomic mass is 16.2. The van der Waals surface area contributed by atoms with Gasteiger partial charge in [0.1, 0.15) is 5.82 Å². The van der Waals surface area contributed by atoms with E-state index in [1.165, 1.54) is 0 Å². The summed E-state index contributed by atoms with van der Waals surface area (Å²) >= 11 is 0. The maximum Gasteiger partial charge on any atom is 0.253 e. The molecule has 1 aromatic heterocycles. The highest BCUT2D eigenvalue weighted by Gasteiger charge is 2.23. The Morgan fingerprint density at radius 1 is 0.962 bits per heavy atom. The molecule has 3 rings (SSSR count). The first-order valence-electron chi connectivity index (χ1n) is 8.91. The van der Waals surface area contributed by atoms with Crippen molar-refractivity contribution in [2.45, 2.75) is 19.9 Å². The topological polar surface area (TPSA) is 65.5 Å². The third-order valence-electron chi connectivity index (χ3n) is 4.35. The van der Waals surface area contributed by atoms with Crippen molar-refractivity contribution in [1.29, 1.82) is 0 Å². The molecule has 1 fully saturated rings. The van der Waals surface area contributed by atoms with Crippen molar-refractivity contribution in [1.82, 2.24) is 15.2 Å². The minimum atomic E-state index is -0.122. The molecular formula is C20H24N4O2. The number of pyridine rings is 1. The zero-order chi connectivity index (χ0) is 18.5. The Morgan fingerprint density at radius 3 is 2.19 bits per heavy atom. The first-order valence-corrected chi connectivity index (χ1v) is 8.91. The molecule has 1 N–H and O–H groups in total. The highest BCUT2D eigenvalue weighted by Crippen LogP contribution is 2.15. The van der Waals surface area contributed by atoms with Crippen molar-refractivity contribution in [3.63, 3.8) is 0 Å². The largest absolute Gasteiger partial charge is 0.353 e. The smallest absolute Gasteiger partial charge is 0.253 e. The van der Waals surface area contributed by atoms with Crippen LogP contribution in [-0.4, -0.2) is 53.9 Å². The predicted octanol–water partition coefficient (Wildman–Crippen LogP) is 2.18. The number of nitrogens with one attached hydrogen (secondary N) is 1. The van der Waals surface area contributed by atoms with Crippen LogP contribution in [-0.2, 0) is 0 Å². The second-order valence-corrected chi connectivity index (χ2v) is 6.67. The molecule has 6 nitrogen and oxygen atoms in total. The van der Waals surface area contributed by atoms with E-state index in [-0.39, 0.29) is 17.9 Å². The zero-order valence-corrected chi connectivity index (χ0v) is 15.2. The SMILES string of the molecule is CC(C)NC(=O)c1ccc(C(=O)N2CCN(c3ccccn3)CC2)cc1. The van der Waals surface area contributed by atoms with Gasteiger partial charge in [0.05, 0.1) is 0 Å². The molecule has 136 valence electrons. The third-order valence-corrected chi connectivity index (χ3v) is 4.35. The average molecular weight is 352 g/mol. The highest BCUT2D eigenvalue weighted by molar-refractivity contribution is 5.98. The first-order chi connectivity index (χ1) is 12.5. The van der Waals surface area contributed by atoms with Gasteiger partial charge in [-0.2, -0.15) is 0 Å². The van der Waals surface area contributed by atoms with Gasteiger partial charge in [0, 0.05) is 49.5 Å². The van der Waals surface area contributed by atoms with Crippen molar-refractivity contribution >= 4 is 17.6 Å². The Kier molecular flexibility index (Phi) is 5.51. The quantitative estimate of drug-likeness (QED) is 0.916. The second kappa shape index (κ2) is 7.99. The van der Waals surface area contributed by atoms with Crippen LogP contribution in [0.15, 0.2) is 48.7 Å². The van der Waals surface area contributed by atoms with E-state index in [0.29, 0.717) is 24.2 Å². The van der Waals surface area contributed by atoms with Gasteiger partial charge in [-0.25, -0.2) is 4.98 Å². The lowest BCUT2D eigenvalue weighted by Gasteiger charge is -2.35. The molecule has 6 heteroatoms. The predicted molar refractivity (Wildman–Crippen MR) is 101 cm³/mol. The Balaban J connectivity index is 1.59. The van der Waals surface area contributed by atoms with Gasteiger partial charge in [-0.1, -0.05) is 6.07 Å². The number of nitrogens with zero attached hydrogens (tertiary/aromatic N) is 3. The van der Waals surface area contributed by atoms with Crippen molar-refractivity contribution < 1.29 is 9.59 Å².